The van der Waals surface area contributed by atoms with E-state index in [1.54, 1.807) is 24.3 Å². The molecule has 5 nitrogen and oxygen atoms in total. The number of hydrogen-bond acceptors (Lipinski definition) is 4. The number of ether oxygens (including phenoxy) is 1. The Morgan fingerprint density at radius 2 is 1.77 bits per heavy atom. The molecule has 1 amide bonds. The van der Waals surface area contributed by atoms with Gasteiger partial charge in [-0.2, -0.15) is 0 Å². The predicted molar refractivity (Wildman–Crippen MR) is 95.9 cm³/mol. The van der Waals surface area contributed by atoms with Crippen molar-refractivity contribution < 1.29 is 23.8 Å². The van der Waals surface area contributed by atoms with Crippen molar-refractivity contribution in [3.63, 3.8) is 0 Å². The molecule has 0 aromatic heterocycles. The number of nitrogens with one attached hydrogen (secondary N) is 1. The fraction of sp³-hybridized carbons (Fsp3) is 0.0526. The van der Waals surface area contributed by atoms with Crippen LogP contribution < -0.4 is 5.32 Å². The number of halogens is 2. The van der Waals surface area contributed by atoms with Crippen molar-refractivity contribution in [2.24, 2.45) is 0 Å². The van der Waals surface area contributed by atoms with Gasteiger partial charge in [0, 0.05) is 5.02 Å². The summed E-state index contributed by atoms with van der Waals surface area (Å²) in [7, 11) is 0. The molecule has 0 saturated carbocycles. The number of anilines is 1. The molecular formula is C19H13ClFNO4. The van der Waals surface area contributed by atoms with Crippen LogP contribution in [0.15, 0.2) is 54.6 Å². The number of fused-ring (bicyclic) bond motifs is 1. The molecule has 3 aromatic rings. The van der Waals surface area contributed by atoms with Crippen molar-refractivity contribution in [3.8, 4) is 5.75 Å². The molecule has 2 N–H and O–H groups in total. The molecule has 0 aliphatic rings. The number of rotatable bonds is 4. The zero-order valence-corrected chi connectivity index (χ0v) is 14.1. The minimum Gasteiger partial charge on any atom is -0.507 e. The van der Waals surface area contributed by atoms with Crippen LogP contribution in [0.2, 0.25) is 5.02 Å². The van der Waals surface area contributed by atoms with E-state index in [9.17, 15) is 19.1 Å². The van der Waals surface area contributed by atoms with Gasteiger partial charge in [0.05, 0.1) is 5.69 Å². The van der Waals surface area contributed by atoms with E-state index >= 15 is 0 Å². The van der Waals surface area contributed by atoms with Crippen LogP contribution in [-0.4, -0.2) is 23.6 Å². The molecule has 0 heterocycles. The van der Waals surface area contributed by atoms with Gasteiger partial charge in [0.15, 0.2) is 6.61 Å². The van der Waals surface area contributed by atoms with Gasteiger partial charge >= 0.3 is 5.97 Å². The lowest BCUT2D eigenvalue weighted by Gasteiger charge is -2.09. The number of aromatic hydroxyl groups is 1. The summed E-state index contributed by atoms with van der Waals surface area (Å²) in [4.78, 5) is 24.0. The van der Waals surface area contributed by atoms with Crippen LogP contribution in [0.5, 0.6) is 5.75 Å². The summed E-state index contributed by atoms with van der Waals surface area (Å²) in [6.07, 6.45) is 0. The molecule has 26 heavy (non-hydrogen) atoms. The van der Waals surface area contributed by atoms with E-state index in [1.807, 2.05) is 0 Å². The van der Waals surface area contributed by atoms with Crippen LogP contribution in [0.25, 0.3) is 10.8 Å². The third kappa shape index (κ3) is 3.92. The van der Waals surface area contributed by atoms with E-state index in [-0.39, 0.29) is 22.0 Å². The first-order valence-electron chi connectivity index (χ1n) is 7.58. The first-order chi connectivity index (χ1) is 12.4. The molecule has 0 bridgehead atoms. The minimum atomic E-state index is -0.866. The Morgan fingerprint density at radius 3 is 2.50 bits per heavy atom. The van der Waals surface area contributed by atoms with Gasteiger partial charge < -0.3 is 15.2 Å². The summed E-state index contributed by atoms with van der Waals surface area (Å²) < 4.78 is 18.5. The van der Waals surface area contributed by atoms with Gasteiger partial charge in [0.25, 0.3) is 5.91 Å². The molecule has 0 saturated heterocycles. The van der Waals surface area contributed by atoms with E-state index in [2.05, 4.69) is 5.32 Å². The number of phenols is 1. The quantitative estimate of drug-likeness (QED) is 0.674. The summed E-state index contributed by atoms with van der Waals surface area (Å²) in [5.74, 6) is -2.52. The Kier molecular flexibility index (Phi) is 5.04. The molecule has 3 rings (SSSR count). The van der Waals surface area contributed by atoms with Crippen molar-refractivity contribution >= 4 is 39.9 Å². The van der Waals surface area contributed by atoms with E-state index in [1.165, 1.54) is 24.3 Å². The molecule has 132 valence electrons. The Labute approximate surface area is 153 Å². The fourth-order valence-electron chi connectivity index (χ4n) is 2.38. The van der Waals surface area contributed by atoms with Crippen LogP contribution in [-0.2, 0) is 9.53 Å². The second-order valence-electron chi connectivity index (χ2n) is 5.46. The number of carbonyl (C=O) groups excluding carboxylic acids is 2. The molecule has 0 spiro atoms. The second kappa shape index (κ2) is 7.41. The zero-order valence-electron chi connectivity index (χ0n) is 13.3. The normalized spacial score (nSPS) is 10.5. The Bertz CT molecular complexity index is 1010. The third-order valence-electron chi connectivity index (χ3n) is 3.62. The maximum atomic E-state index is 13.6. The summed E-state index contributed by atoms with van der Waals surface area (Å²) in [6, 6.07) is 13.8. The first-order valence-corrected chi connectivity index (χ1v) is 7.95. The summed E-state index contributed by atoms with van der Waals surface area (Å²) in [6.45, 7) is -0.642. The monoisotopic (exact) mass is 373 g/mol. The molecule has 0 aliphatic carbocycles. The van der Waals surface area contributed by atoms with Crippen molar-refractivity contribution in [2.45, 2.75) is 0 Å². The van der Waals surface area contributed by atoms with Gasteiger partial charge in [-0.3, -0.25) is 4.79 Å². The van der Waals surface area contributed by atoms with Crippen LogP contribution in [0.3, 0.4) is 0 Å². The summed E-state index contributed by atoms with van der Waals surface area (Å²) in [5, 5.41) is 14.0. The standard InChI is InChI=1S/C19H13ClFNO4/c20-13-5-6-15(21)16(9-13)22-18(24)10-26-19(25)14-7-11-3-1-2-4-12(11)8-17(14)23/h1-9,23H,10H2,(H,22,24). The van der Waals surface area contributed by atoms with Crippen LogP contribution in [0.4, 0.5) is 10.1 Å². The minimum absolute atomic E-state index is 0.0644. The van der Waals surface area contributed by atoms with Crippen molar-refractivity contribution in [1.29, 1.82) is 0 Å². The fourth-order valence-corrected chi connectivity index (χ4v) is 2.55. The van der Waals surface area contributed by atoms with Crippen molar-refractivity contribution in [2.75, 3.05) is 11.9 Å². The molecule has 0 fully saturated rings. The van der Waals surface area contributed by atoms with Gasteiger partial charge in [0.2, 0.25) is 0 Å². The summed E-state index contributed by atoms with van der Waals surface area (Å²) in [5.41, 5.74) is -0.183. The average molecular weight is 374 g/mol. The van der Waals surface area contributed by atoms with E-state index in [0.717, 1.165) is 16.8 Å². The lowest BCUT2D eigenvalue weighted by Crippen LogP contribution is -2.21. The maximum absolute atomic E-state index is 13.6. The average Bonchev–Trinajstić information content (AvgIpc) is 2.62. The summed E-state index contributed by atoms with van der Waals surface area (Å²) >= 11 is 5.74. The second-order valence-corrected chi connectivity index (χ2v) is 5.90. The highest BCUT2D eigenvalue weighted by Gasteiger charge is 2.16. The lowest BCUT2D eigenvalue weighted by atomic mass is 10.1. The highest BCUT2D eigenvalue weighted by Crippen LogP contribution is 2.25. The van der Waals surface area contributed by atoms with E-state index in [4.69, 9.17) is 16.3 Å². The van der Waals surface area contributed by atoms with Crippen molar-refractivity contribution in [1.82, 2.24) is 0 Å². The van der Waals surface area contributed by atoms with E-state index < -0.39 is 24.3 Å². The smallest absolute Gasteiger partial charge is 0.342 e. The van der Waals surface area contributed by atoms with E-state index in [0.29, 0.717) is 0 Å². The molecule has 7 heteroatoms. The molecule has 0 aliphatic heterocycles. The van der Waals surface area contributed by atoms with Gasteiger partial charge in [-0.1, -0.05) is 35.9 Å². The van der Waals surface area contributed by atoms with Gasteiger partial charge in [0.1, 0.15) is 17.1 Å². The lowest BCUT2D eigenvalue weighted by molar-refractivity contribution is -0.119. The maximum Gasteiger partial charge on any atom is 0.342 e. The Hall–Kier alpha value is -3.12. The number of benzene rings is 3. The van der Waals surface area contributed by atoms with Gasteiger partial charge in [-0.05, 0) is 41.1 Å². The number of phenolic OH excluding ortho intramolecular Hbond substituents is 1. The molecule has 0 unspecified atom stereocenters. The third-order valence-corrected chi connectivity index (χ3v) is 3.86. The number of esters is 1. The molecule has 0 radical (unpaired) electrons. The molecule has 3 aromatic carbocycles. The first kappa shape index (κ1) is 17.7. The zero-order chi connectivity index (χ0) is 18.7. The highest BCUT2D eigenvalue weighted by molar-refractivity contribution is 6.30. The van der Waals surface area contributed by atoms with Crippen LogP contribution in [0, 0.1) is 5.82 Å². The molecule has 0 atom stereocenters. The largest absolute Gasteiger partial charge is 0.507 e. The Morgan fingerprint density at radius 1 is 1.08 bits per heavy atom. The van der Waals surface area contributed by atoms with Crippen molar-refractivity contribution in [3.05, 3.63) is 71.0 Å². The predicted octanol–water partition coefficient (Wildman–Crippen LogP) is 4.13. The number of hydrogen-bond donors (Lipinski definition) is 2. The topological polar surface area (TPSA) is 75.6 Å². The van der Waals surface area contributed by atoms with Gasteiger partial charge in [-0.15, -0.1) is 0 Å². The highest BCUT2D eigenvalue weighted by atomic mass is 35.5. The van der Waals surface area contributed by atoms with Crippen LogP contribution >= 0.6 is 11.6 Å². The number of carbonyl (C=O) groups is 2. The SMILES string of the molecule is O=C(COC(=O)c1cc2ccccc2cc1O)Nc1cc(Cl)ccc1F. The molecular weight excluding hydrogens is 361 g/mol. The van der Waals surface area contributed by atoms with Crippen LogP contribution in [0.1, 0.15) is 10.4 Å². The number of amides is 1. The Balaban J connectivity index is 1.68. The van der Waals surface area contributed by atoms with Gasteiger partial charge in [-0.25, -0.2) is 9.18 Å².